The highest BCUT2D eigenvalue weighted by Crippen LogP contribution is 2.27. The first-order valence-corrected chi connectivity index (χ1v) is 4.48. The van der Waals surface area contributed by atoms with E-state index in [1.54, 1.807) is 0 Å². The molecular weight excluding hydrogens is 199 g/mol. The predicted molar refractivity (Wildman–Crippen MR) is 53.9 cm³/mol. The molecule has 0 atom stereocenters. The highest BCUT2D eigenvalue weighted by Gasteiger charge is 2.13. The molecule has 0 aliphatic carbocycles. The van der Waals surface area contributed by atoms with Crippen molar-refractivity contribution in [2.75, 3.05) is 14.2 Å². The Hall–Kier alpha value is -1.58. The minimum Gasteiger partial charge on any atom is -0.497 e. The van der Waals surface area contributed by atoms with E-state index in [-0.39, 0.29) is 18.0 Å². The molecule has 3 nitrogen and oxygen atoms in total. The summed E-state index contributed by atoms with van der Waals surface area (Å²) in [6.45, 7) is 1.41. The zero-order chi connectivity index (χ0) is 11.4. The number of methoxy groups -OCH3 is 2. The van der Waals surface area contributed by atoms with Crippen molar-refractivity contribution >= 4 is 5.78 Å². The number of hydrogen-bond acceptors (Lipinski definition) is 3. The van der Waals surface area contributed by atoms with E-state index in [1.807, 2.05) is 0 Å². The number of hydrogen-bond donors (Lipinski definition) is 0. The molecule has 82 valence electrons. The summed E-state index contributed by atoms with van der Waals surface area (Å²) in [6, 6.07) is 2.94. The van der Waals surface area contributed by atoms with E-state index in [0.717, 1.165) is 0 Å². The van der Waals surface area contributed by atoms with Crippen LogP contribution in [0.1, 0.15) is 12.5 Å². The third-order valence-corrected chi connectivity index (χ3v) is 1.98. The van der Waals surface area contributed by atoms with Crippen LogP contribution in [-0.2, 0) is 11.2 Å². The summed E-state index contributed by atoms with van der Waals surface area (Å²) < 4.78 is 23.4. The smallest absolute Gasteiger partial charge is 0.168 e. The molecule has 1 aromatic rings. The number of carbonyl (C=O) groups is 1. The zero-order valence-corrected chi connectivity index (χ0v) is 8.96. The lowest BCUT2D eigenvalue weighted by molar-refractivity contribution is -0.116. The average Bonchev–Trinajstić information content (AvgIpc) is 2.20. The van der Waals surface area contributed by atoms with E-state index in [0.29, 0.717) is 11.3 Å². The highest BCUT2D eigenvalue weighted by molar-refractivity contribution is 5.78. The molecule has 1 aromatic carbocycles. The molecule has 0 saturated heterocycles. The number of benzene rings is 1. The maximum absolute atomic E-state index is 13.6. The van der Waals surface area contributed by atoms with E-state index in [9.17, 15) is 9.18 Å². The molecule has 0 heterocycles. The van der Waals surface area contributed by atoms with E-state index in [4.69, 9.17) is 9.47 Å². The normalized spacial score (nSPS) is 9.87. The van der Waals surface area contributed by atoms with Crippen molar-refractivity contribution in [2.24, 2.45) is 0 Å². The van der Waals surface area contributed by atoms with Gasteiger partial charge in [-0.25, -0.2) is 4.39 Å². The summed E-state index contributed by atoms with van der Waals surface area (Å²) in [5.41, 5.74) is 0.290. The fourth-order valence-electron chi connectivity index (χ4n) is 1.29. The summed E-state index contributed by atoms with van der Waals surface area (Å²) in [7, 11) is 2.85. The van der Waals surface area contributed by atoms with Crippen LogP contribution >= 0.6 is 0 Å². The third-order valence-electron chi connectivity index (χ3n) is 1.98. The van der Waals surface area contributed by atoms with Crippen LogP contribution in [0.15, 0.2) is 12.1 Å². The van der Waals surface area contributed by atoms with Gasteiger partial charge in [-0.05, 0) is 13.0 Å². The van der Waals surface area contributed by atoms with Crippen LogP contribution in [0.2, 0.25) is 0 Å². The fraction of sp³-hybridized carbons (Fsp3) is 0.364. The Balaban J connectivity index is 3.17. The van der Waals surface area contributed by atoms with Gasteiger partial charge >= 0.3 is 0 Å². The Morgan fingerprint density at radius 3 is 2.47 bits per heavy atom. The topological polar surface area (TPSA) is 35.5 Å². The van der Waals surface area contributed by atoms with Gasteiger partial charge in [0.1, 0.15) is 11.5 Å². The van der Waals surface area contributed by atoms with E-state index in [1.165, 1.54) is 33.3 Å². The number of ketones is 1. The Morgan fingerprint density at radius 1 is 1.33 bits per heavy atom. The van der Waals surface area contributed by atoms with Gasteiger partial charge in [-0.3, -0.25) is 4.79 Å². The Labute approximate surface area is 87.8 Å². The minimum absolute atomic E-state index is 0.0411. The lowest BCUT2D eigenvalue weighted by atomic mass is 10.1. The fourth-order valence-corrected chi connectivity index (χ4v) is 1.29. The molecule has 0 aliphatic rings. The number of halogens is 1. The second-order valence-electron chi connectivity index (χ2n) is 3.18. The SMILES string of the molecule is COc1cc(CC(C)=O)c(F)c(OC)c1. The molecular formula is C11H13FO3. The summed E-state index contributed by atoms with van der Waals surface area (Å²) in [6.07, 6.45) is 0.0411. The van der Waals surface area contributed by atoms with E-state index in [2.05, 4.69) is 0 Å². The van der Waals surface area contributed by atoms with Crippen LogP contribution in [0, 0.1) is 5.82 Å². The Kier molecular flexibility index (Phi) is 3.66. The maximum Gasteiger partial charge on any atom is 0.168 e. The van der Waals surface area contributed by atoms with Crippen molar-refractivity contribution in [3.63, 3.8) is 0 Å². The van der Waals surface area contributed by atoms with Crippen molar-refractivity contribution in [1.82, 2.24) is 0 Å². The number of Topliss-reactive ketones (excluding diaryl/α,β-unsaturated/α-hetero) is 1. The van der Waals surface area contributed by atoms with Gasteiger partial charge in [-0.1, -0.05) is 0 Å². The van der Waals surface area contributed by atoms with Gasteiger partial charge in [-0.2, -0.15) is 0 Å². The van der Waals surface area contributed by atoms with Crippen molar-refractivity contribution in [1.29, 1.82) is 0 Å². The summed E-state index contributed by atoms with van der Waals surface area (Å²) in [5.74, 6) is -0.0483. The van der Waals surface area contributed by atoms with Gasteiger partial charge < -0.3 is 9.47 Å². The summed E-state index contributed by atoms with van der Waals surface area (Å²) >= 11 is 0. The summed E-state index contributed by atoms with van der Waals surface area (Å²) in [4.78, 5) is 10.9. The van der Waals surface area contributed by atoms with Crippen LogP contribution in [0.4, 0.5) is 4.39 Å². The standard InChI is InChI=1S/C11H13FO3/c1-7(13)4-8-5-9(14-2)6-10(15-3)11(8)12/h5-6H,4H2,1-3H3. The number of rotatable bonds is 4. The van der Waals surface area contributed by atoms with Crippen molar-refractivity contribution in [3.05, 3.63) is 23.5 Å². The first kappa shape index (κ1) is 11.5. The lowest BCUT2D eigenvalue weighted by Crippen LogP contribution is -2.02. The van der Waals surface area contributed by atoms with Gasteiger partial charge in [0.25, 0.3) is 0 Å². The highest BCUT2D eigenvalue weighted by atomic mass is 19.1. The number of carbonyl (C=O) groups excluding carboxylic acids is 1. The van der Waals surface area contributed by atoms with Crippen LogP contribution < -0.4 is 9.47 Å². The quantitative estimate of drug-likeness (QED) is 0.765. The zero-order valence-electron chi connectivity index (χ0n) is 8.96. The molecule has 15 heavy (non-hydrogen) atoms. The van der Waals surface area contributed by atoms with Crippen LogP contribution in [-0.4, -0.2) is 20.0 Å². The van der Waals surface area contributed by atoms with Crippen LogP contribution in [0.5, 0.6) is 11.5 Å². The van der Waals surface area contributed by atoms with Crippen LogP contribution in [0.3, 0.4) is 0 Å². The molecule has 0 unspecified atom stereocenters. The third kappa shape index (κ3) is 2.68. The van der Waals surface area contributed by atoms with Gasteiger partial charge in [0.15, 0.2) is 11.6 Å². The molecule has 0 spiro atoms. The first-order chi connectivity index (χ1) is 7.08. The first-order valence-electron chi connectivity index (χ1n) is 4.48. The molecule has 0 aliphatic heterocycles. The predicted octanol–water partition coefficient (Wildman–Crippen LogP) is 1.97. The molecule has 0 saturated carbocycles. The van der Waals surface area contributed by atoms with Crippen molar-refractivity contribution < 1.29 is 18.7 Å². The Morgan fingerprint density at radius 2 is 2.00 bits per heavy atom. The molecule has 4 heteroatoms. The monoisotopic (exact) mass is 212 g/mol. The van der Waals surface area contributed by atoms with Gasteiger partial charge in [-0.15, -0.1) is 0 Å². The van der Waals surface area contributed by atoms with E-state index < -0.39 is 5.82 Å². The van der Waals surface area contributed by atoms with Gasteiger partial charge in [0, 0.05) is 18.1 Å². The van der Waals surface area contributed by atoms with Gasteiger partial charge in [0.2, 0.25) is 0 Å². The van der Waals surface area contributed by atoms with Crippen molar-refractivity contribution in [3.8, 4) is 11.5 Å². The molecule has 0 aromatic heterocycles. The lowest BCUT2D eigenvalue weighted by Gasteiger charge is -2.09. The maximum atomic E-state index is 13.6. The second kappa shape index (κ2) is 4.77. The largest absolute Gasteiger partial charge is 0.497 e. The van der Waals surface area contributed by atoms with Gasteiger partial charge in [0.05, 0.1) is 14.2 Å². The van der Waals surface area contributed by atoms with Crippen molar-refractivity contribution in [2.45, 2.75) is 13.3 Å². The molecule has 0 N–H and O–H groups in total. The second-order valence-corrected chi connectivity index (χ2v) is 3.18. The molecule has 1 rings (SSSR count). The number of ether oxygens (including phenoxy) is 2. The summed E-state index contributed by atoms with van der Waals surface area (Å²) in [5, 5.41) is 0. The molecule has 0 bridgehead atoms. The Bertz CT molecular complexity index is 374. The molecule has 0 radical (unpaired) electrons. The van der Waals surface area contributed by atoms with Crippen LogP contribution in [0.25, 0.3) is 0 Å². The molecule has 0 fully saturated rings. The van der Waals surface area contributed by atoms with E-state index >= 15 is 0 Å². The minimum atomic E-state index is -0.506. The molecule has 0 amide bonds. The average molecular weight is 212 g/mol.